The highest BCUT2D eigenvalue weighted by Gasteiger charge is 2.27. The first-order valence-electron chi connectivity index (χ1n) is 9.13. The molecule has 1 aromatic carbocycles. The van der Waals surface area contributed by atoms with Crippen molar-refractivity contribution in [2.24, 2.45) is 0 Å². The Morgan fingerprint density at radius 2 is 1.89 bits per heavy atom. The minimum atomic E-state index is -3.73. The Labute approximate surface area is 165 Å². The third kappa shape index (κ3) is 5.56. The fourth-order valence-corrected chi connectivity index (χ4v) is 4.43. The van der Waals surface area contributed by atoms with Crippen molar-refractivity contribution >= 4 is 21.9 Å². The minimum Gasteiger partial charge on any atom is -0.496 e. The van der Waals surface area contributed by atoms with E-state index in [-0.39, 0.29) is 22.8 Å². The van der Waals surface area contributed by atoms with Crippen LogP contribution in [0.5, 0.6) is 5.75 Å². The van der Waals surface area contributed by atoms with Gasteiger partial charge in [0.25, 0.3) is 5.91 Å². The maximum absolute atomic E-state index is 13.0. The van der Waals surface area contributed by atoms with Gasteiger partial charge < -0.3 is 14.8 Å². The predicted molar refractivity (Wildman–Crippen MR) is 104 cm³/mol. The standard InChI is InChI=1S/C19H26N2O6S/c1-3-10-20-18(22)14-27-19(23)16-13-15(8-9-17(16)26-2)28(24,25)21-11-6-4-5-7-12-21/h3,8-9,13H,1,4-7,10-12,14H2,2H3,(H,20,22). The van der Waals surface area contributed by atoms with Crippen LogP contribution in [0.1, 0.15) is 36.0 Å². The maximum atomic E-state index is 13.0. The quantitative estimate of drug-likeness (QED) is 0.517. The van der Waals surface area contributed by atoms with E-state index < -0.39 is 28.5 Å². The molecular weight excluding hydrogens is 384 g/mol. The molecule has 28 heavy (non-hydrogen) atoms. The molecule has 0 atom stereocenters. The lowest BCUT2D eigenvalue weighted by atomic mass is 10.2. The second-order valence-electron chi connectivity index (χ2n) is 6.35. The van der Waals surface area contributed by atoms with Gasteiger partial charge in [-0.2, -0.15) is 4.31 Å². The van der Waals surface area contributed by atoms with Gasteiger partial charge in [0.2, 0.25) is 10.0 Å². The van der Waals surface area contributed by atoms with Crippen molar-refractivity contribution in [2.75, 3.05) is 33.4 Å². The molecule has 0 aliphatic carbocycles. The fourth-order valence-electron chi connectivity index (χ4n) is 2.88. The molecule has 154 valence electrons. The molecule has 0 radical (unpaired) electrons. The number of methoxy groups -OCH3 is 1. The number of ether oxygens (including phenoxy) is 2. The number of nitrogens with one attached hydrogen (secondary N) is 1. The van der Waals surface area contributed by atoms with Gasteiger partial charge in [-0.3, -0.25) is 4.79 Å². The van der Waals surface area contributed by atoms with Crippen molar-refractivity contribution in [1.82, 2.24) is 9.62 Å². The van der Waals surface area contributed by atoms with Crippen molar-refractivity contribution in [3.8, 4) is 5.75 Å². The van der Waals surface area contributed by atoms with Gasteiger partial charge in [-0.1, -0.05) is 18.9 Å². The lowest BCUT2D eigenvalue weighted by molar-refractivity contribution is -0.124. The van der Waals surface area contributed by atoms with Crippen LogP contribution in [0.25, 0.3) is 0 Å². The summed E-state index contributed by atoms with van der Waals surface area (Å²) in [6, 6.07) is 4.06. The zero-order valence-corrected chi connectivity index (χ0v) is 16.8. The first kappa shape index (κ1) is 21.9. The zero-order chi connectivity index (χ0) is 20.6. The Balaban J connectivity index is 2.21. The number of hydrogen-bond acceptors (Lipinski definition) is 6. The van der Waals surface area contributed by atoms with Crippen molar-refractivity contribution in [3.63, 3.8) is 0 Å². The molecule has 0 saturated carbocycles. The lowest BCUT2D eigenvalue weighted by Gasteiger charge is -2.20. The second-order valence-corrected chi connectivity index (χ2v) is 8.29. The van der Waals surface area contributed by atoms with Crippen LogP contribution in [0.3, 0.4) is 0 Å². The number of esters is 1. The molecule has 0 spiro atoms. The Morgan fingerprint density at radius 3 is 2.50 bits per heavy atom. The number of benzene rings is 1. The van der Waals surface area contributed by atoms with Crippen LogP contribution in [0.15, 0.2) is 35.7 Å². The number of nitrogens with zero attached hydrogens (tertiary/aromatic N) is 1. The number of hydrogen-bond donors (Lipinski definition) is 1. The first-order valence-corrected chi connectivity index (χ1v) is 10.6. The highest BCUT2D eigenvalue weighted by Crippen LogP contribution is 2.26. The molecule has 1 N–H and O–H groups in total. The fraction of sp³-hybridized carbons (Fsp3) is 0.474. The van der Waals surface area contributed by atoms with E-state index in [4.69, 9.17) is 9.47 Å². The van der Waals surface area contributed by atoms with E-state index >= 15 is 0 Å². The van der Waals surface area contributed by atoms with Gasteiger partial charge in [-0.25, -0.2) is 13.2 Å². The van der Waals surface area contributed by atoms with Gasteiger partial charge in [0.05, 0.1) is 12.0 Å². The average Bonchev–Trinajstić information content (AvgIpc) is 3.00. The molecule has 2 rings (SSSR count). The van der Waals surface area contributed by atoms with Crippen molar-refractivity contribution in [1.29, 1.82) is 0 Å². The molecule has 1 amide bonds. The van der Waals surface area contributed by atoms with Gasteiger partial charge in [0, 0.05) is 19.6 Å². The summed E-state index contributed by atoms with van der Waals surface area (Å²) in [6.07, 6.45) is 5.12. The van der Waals surface area contributed by atoms with Gasteiger partial charge in [-0.05, 0) is 31.0 Å². The van der Waals surface area contributed by atoms with Crippen LogP contribution >= 0.6 is 0 Å². The summed E-state index contributed by atoms with van der Waals surface area (Å²) < 4.78 is 37.5. The molecule has 0 aromatic heterocycles. The van der Waals surface area contributed by atoms with Crippen LogP contribution in [0, 0.1) is 0 Å². The van der Waals surface area contributed by atoms with Gasteiger partial charge >= 0.3 is 5.97 Å². The summed E-state index contributed by atoms with van der Waals surface area (Å²) >= 11 is 0. The summed E-state index contributed by atoms with van der Waals surface area (Å²) in [6.45, 7) is 4.15. The SMILES string of the molecule is C=CCNC(=O)COC(=O)c1cc(S(=O)(=O)N2CCCCCC2)ccc1OC. The lowest BCUT2D eigenvalue weighted by Crippen LogP contribution is -2.32. The van der Waals surface area contributed by atoms with E-state index in [1.165, 1.54) is 35.7 Å². The van der Waals surface area contributed by atoms with Gasteiger partial charge in [0.1, 0.15) is 11.3 Å². The van der Waals surface area contributed by atoms with E-state index in [1.807, 2.05) is 0 Å². The zero-order valence-electron chi connectivity index (χ0n) is 16.0. The molecule has 9 heteroatoms. The van der Waals surface area contributed by atoms with E-state index in [2.05, 4.69) is 11.9 Å². The number of carbonyl (C=O) groups excluding carboxylic acids is 2. The molecular formula is C19H26N2O6S. The Hall–Kier alpha value is -2.39. The van der Waals surface area contributed by atoms with Crippen LogP contribution < -0.4 is 10.1 Å². The molecule has 8 nitrogen and oxygen atoms in total. The predicted octanol–water partition coefficient (Wildman–Crippen LogP) is 1.72. The molecule has 0 bridgehead atoms. The van der Waals surface area contributed by atoms with Crippen LogP contribution in [0.2, 0.25) is 0 Å². The minimum absolute atomic E-state index is 0.00161. The van der Waals surface area contributed by atoms with E-state index in [9.17, 15) is 18.0 Å². The number of sulfonamides is 1. The molecule has 1 fully saturated rings. The third-order valence-electron chi connectivity index (χ3n) is 4.37. The third-order valence-corrected chi connectivity index (χ3v) is 6.27. The normalized spacial score (nSPS) is 15.3. The van der Waals surface area contributed by atoms with E-state index in [0.717, 1.165) is 25.7 Å². The number of carbonyl (C=O) groups is 2. The summed E-state index contributed by atoms with van der Waals surface area (Å²) in [5.41, 5.74) is -0.0464. The van der Waals surface area contributed by atoms with Gasteiger partial charge in [0.15, 0.2) is 6.61 Å². The van der Waals surface area contributed by atoms with Crippen LogP contribution in [0.4, 0.5) is 0 Å². The second kappa shape index (κ2) is 10.2. The van der Waals surface area contributed by atoms with Gasteiger partial charge in [-0.15, -0.1) is 6.58 Å². The Bertz CT molecular complexity index is 814. The average molecular weight is 410 g/mol. The number of rotatable bonds is 8. The Kier molecular flexibility index (Phi) is 8.01. The largest absolute Gasteiger partial charge is 0.496 e. The first-order chi connectivity index (χ1) is 13.4. The molecule has 1 aromatic rings. The van der Waals surface area contributed by atoms with Crippen molar-refractivity contribution in [3.05, 3.63) is 36.4 Å². The van der Waals surface area contributed by atoms with Crippen LogP contribution in [-0.2, 0) is 19.6 Å². The number of amides is 1. The van der Waals surface area contributed by atoms with E-state index in [1.54, 1.807) is 0 Å². The van der Waals surface area contributed by atoms with Crippen LogP contribution in [-0.4, -0.2) is 58.0 Å². The summed E-state index contributed by atoms with van der Waals surface area (Å²) in [5, 5.41) is 2.48. The van der Waals surface area contributed by atoms with Crippen molar-refractivity contribution in [2.45, 2.75) is 30.6 Å². The summed E-state index contributed by atoms with van der Waals surface area (Å²) in [4.78, 5) is 24.0. The topological polar surface area (TPSA) is 102 Å². The molecule has 1 saturated heterocycles. The summed E-state index contributed by atoms with van der Waals surface area (Å²) in [7, 11) is -2.36. The molecule has 1 heterocycles. The molecule has 1 aliphatic rings. The van der Waals surface area contributed by atoms with Crippen molar-refractivity contribution < 1.29 is 27.5 Å². The highest BCUT2D eigenvalue weighted by atomic mass is 32.2. The highest BCUT2D eigenvalue weighted by molar-refractivity contribution is 7.89. The maximum Gasteiger partial charge on any atom is 0.342 e. The molecule has 1 aliphatic heterocycles. The smallest absolute Gasteiger partial charge is 0.342 e. The Morgan fingerprint density at radius 1 is 1.21 bits per heavy atom. The van der Waals surface area contributed by atoms with E-state index in [0.29, 0.717) is 13.1 Å². The summed E-state index contributed by atoms with van der Waals surface area (Å²) in [5.74, 6) is -1.15. The molecule has 0 unspecified atom stereocenters. The monoisotopic (exact) mass is 410 g/mol.